The van der Waals surface area contributed by atoms with E-state index in [0.717, 1.165) is 49.3 Å². The normalized spacial score (nSPS) is 27.5. The third kappa shape index (κ3) is 4.35. The molecule has 2 aromatic rings. The van der Waals surface area contributed by atoms with Crippen LogP contribution in [-0.2, 0) is 35.7 Å². The molecular formula is C31H38N2O5. The van der Waals surface area contributed by atoms with E-state index in [1.54, 1.807) is 7.11 Å². The standard InChI is InChI=1S/C31H38N2O5/c1-35-15-12-22(30-37-16-17-38-30)18-23-19-24(29(34)36-2)27-31(25-10-6-7-11-26(25)32-27)13-14-33(28(23)31)20-21-8-4-3-5-9-21/h3-11,22-23,28,30,32H,12-20H2,1-2H3/t22?,23-,28+,31+/m1/s1. The van der Waals surface area contributed by atoms with Gasteiger partial charge in [-0.25, -0.2) is 4.79 Å². The number of carbonyl (C=O) groups is 1. The summed E-state index contributed by atoms with van der Waals surface area (Å²) < 4.78 is 22.9. The van der Waals surface area contributed by atoms with Crippen LogP contribution in [0.1, 0.15) is 36.8 Å². The van der Waals surface area contributed by atoms with Gasteiger partial charge in [-0.15, -0.1) is 0 Å². The maximum atomic E-state index is 13.3. The SMILES string of the molecule is COCCC(C[C@@H]1CC(C(=O)OC)=C2Nc3ccccc3[C@@]23CCN(Cc2ccccc2)[C@@H]13)C1OCCO1. The summed E-state index contributed by atoms with van der Waals surface area (Å²) in [5.74, 6) is 0.178. The van der Waals surface area contributed by atoms with Gasteiger partial charge in [-0.3, -0.25) is 4.90 Å². The van der Waals surface area contributed by atoms with Gasteiger partial charge in [-0.05, 0) is 48.8 Å². The predicted octanol–water partition coefficient (Wildman–Crippen LogP) is 4.49. The molecule has 0 amide bonds. The number of nitrogens with one attached hydrogen (secondary N) is 1. The highest BCUT2D eigenvalue weighted by Crippen LogP contribution is 2.60. The zero-order chi connectivity index (χ0) is 26.1. The number of anilines is 1. The van der Waals surface area contributed by atoms with Crippen LogP contribution in [0.15, 0.2) is 65.9 Å². The van der Waals surface area contributed by atoms with Crippen LogP contribution in [0.2, 0.25) is 0 Å². The summed E-state index contributed by atoms with van der Waals surface area (Å²) in [7, 11) is 3.23. The first kappa shape index (κ1) is 25.6. The molecule has 2 fully saturated rings. The van der Waals surface area contributed by atoms with Gasteiger partial charge in [0.1, 0.15) is 0 Å². The van der Waals surface area contributed by atoms with Crippen LogP contribution >= 0.6 is 0 Å². The summed E-state index contributed by atoms with van der Waals surface area (Å²) in [5, 5.41) is 3.69. The molecule has 0 saturated carbocycles. The lowest BCUT2D eigenvalue weighted by molar-refractivity contribution is -0.137. The Balaban J connectivity index is 1.44. The van der Waals surface area contributed by atoms with Gasteiger partial charge in [-0.1, -0.05) is 48.5 Å². The fourth-order valence-corrected chi connectivity index (χ4v) is 7.56. The molecule has 3 aliphatic heterocycles. The molecule has 6 rings (SSSR count). The molecule has 4 aliphatic rings. The van der Waals surface area contributed by atoms with Crippen molar-refractivity contribution < 1.29 is 23.7 Å². The fourth-order valence-electron chi connectivity index (χ4n) is 7.56. The summed E-state index contributed by atoms with van der Waals surface area (Å²) in [5.41, 5.74) is 5.26. The van der Waals surface area contributed by atoms with E-state index in [4.69, 9.17) is 18.9 Å². The molecule has 3 heterocycles. The van der Waals surface area contributed by atoms with Gasteiger partial charge in [-0.2, -0.15) is 0 Å². The van der Waals surface area contributed by atoms with E-state index in [1.165, 1.54) is 18.2 Å². The van der Waals surface area contributed by atoms with E-state index >= 15 is 0 Å². The minimum absolute atomic E-state index is 0.184. The van der Waals surface area contributed by atoms with Gasteiger partial charge in [0.15, 0.2) is 6.29 Å². The van der Waals surface area contributed by atoms with E-state index in [9.17, 15) is 4.79 Å². The quantitative estimate of drug-likeness (QED) is 0.491. The zero-order valence-electron chi connectivity index (χ0n) is 22.4. The second-order valence-corrected chi connectivity index (χ2v) is 11.0. The van der Waals surface area contributed by atoms with E-state index in [1.807, 2.05) is 0 Å². The van der Waals surface area contributed by atoms with E-state index < -0.39 is 0 Å². The van der Waals surface area contributed by atoms with Crippen LogP contribution in [0.5, 0.6) is 0 Å². The molecule has 2 saturated heterocycles. The van der Waals surface area contributed by atoms with Crippen LogP contribution in [0.3, 0.4) is 0 Å². The summed E-state index contributed by atoms with van der Waals surface area (Å²) in [4.78, 5) is 15.9. The number of carbonyl (C=O) groups excluding carboxylic acids is 1. The molecule has 1 spiro atoms. The van der Waals surface area contributed by atoms with Crippen molar-refractivity contribution in [3.05, 3.63) is 77.0 Å². The van der Waals surface area contributed by atoms with Gasteiger partial charge in [0.2, 0.25) is 0 Å². The lowest BCUT2D eigenvalue weighted by atomic mass is 9.61. The average Bonchev–Trinajstić information content (AvgIpc) is 3.69. The smallest absolute Gasteiger partial charge is 0.335 e. The Morgan fingerprint density at radius 2 is 1.87 bits per heavy atom. The Kier molecular flexibility index (Phi) is 7.27. The topological polar surface area (TPSA) is 69.3 Å². The second-order valence-electron chi connectivity index (χ2n) is 11.0. The minimum Gasteiger partial charge on any atom is -0.466 e. The van der Waals surface area contributed by atoms with Crippen molar-refractivity contribution in [2.75, 3.05) is 45.9 Å². The minimum atomic E-state index is -0.277. The number of rotatable bonds is 9. The summed E-state index contributed by atoms with van der Waals surface area (Å²) in [6, 6.07) is 19.5. The monoisotopic (exact) mass is 518 g/mol. The number of nitrogens with zero attached hydrogens (tertiary/aromatic N) is 1. The first-order valence-electron chi connectivity index (χ1n) is 13.8. The van der Waals surface area contributed by atoms with Crippen molar-refractivity contribution in [3.63, 3.8) is 0 Å². The zero-order valence-corrected chi connectivity index (χ0v) is 22.4. The van der Waals surface area contributed by atoms with Gasteiger partial charge in [0.05, 0.1) is 31.3 Å². The van der Waals surface area contributed by atoms with Crippen LogP contribution in [-0.4, -0.2) is 63.8 Å². The van der Waals surface area contributed by atoms with E-state index in [2.05, 4.69) is 64.8 Å². The van der Waals surface area contributed by atoms with Crippen molar-refractivity contribution in [1.82, 2.24) is 4.90 Å². The molecule has 0 aromatic heterocycles. The summed E-state index contributed by atoms with van der Waals surface area (Å²) in [6.45, 7) is 3.75. The first-order valence-corrected chi connectivity index (χ1v) is 13.8. The molecule has 1 N–H and O–H groups in total. The van der Waals surface area contributed by atoms with Crippen LogP contribution < -0.4 is 5.32 Å². The summed E-state index contributed by atoms with van der Waals surface area (Å²) in [6.07, 6.45) is 3.14. The molecule has 38 heavy (non-hydrogen) atoms. The van der Waals surface area contributed by atoms with Gasteiger partial charge < -0.3 is 24.3 Å². The van der Waals surface area contributed by atoms with E-state index in [-0.39, 0.29) is 35.6 Å². The van der Waals surface area contributed by atoms with E-state index in [0.29, 0.717) is 26.2 Å². The third-order valence-corrected chi connectivity index (χ3v) is 9.01. The molecule has 1 unspecified atom stereocenters. The largest absolute Gasteiger partial charge is 0.466 e. The average molecular weight is 519 g/mol. The van der Waals surface area contributed by atoms with Crippen LogP contribution in [0.4, 0.5) is 5.69 Å². The number of esters is 1. The Morgan fingerprint density at radius 3 is 2.63 bits per heavy atom. The lowest BCUT2D eigenvalue weighted by Gasteiger charge is -2.47. The molecule has 202 valence electrons. The molecule has 7 nitrogen and oxygen atoms in total. The molecule has 0 bridgehead atoms. The van der Waals surface area contributed by atoms with Gasteiger partial charge in [0, 0.05) is 50.2 Å². The second kappa shape index (κ2) is 10.8. The number of ether oxygens (including phenoxy) is 4. The Hall–Kier alpha value is -2.71. The highest BCUT2D eigenvalue weighted by Gasteiger charge is 2.61. The Bertz CT molecular complexity index is 1180. The maximum Gasteiger partial charge on any atom is 0.335 e. The lowest BCUT2D eigenvalue weighted by Crippen LogP contribution is -2.52. The third-order valence-electron chi connectivity index (χ3n) is 9.01. The molecule has 0 radical (unpaired) electrons. The van der Waals surface area contributed by atoms with Gasteiger partial charge in [0.25, 0.3) is 0 Å². The number of hydrogen-bond acceptors (Lipinski definition) is 7. The van der Waals surface area contributed by atoms with Crippen molar-refractivity contribution in [1.29, 1.82) is 0 Å². The fraction of sp³-hybridized carbons (Fsp3) is 0.516. The number of methoxy groups -OCH3 is 2. The Morgan fingerprint density at radius 1 is 1.11 bits per heavy atom. The van der Waals surface area contributed by atoms with Crippen molar-refractivity contribution in [2.24, 2.45) is 11.8 Å². The van der Waals surface area contributed by atoms with Crippen molar-refractivity contribution >= 4 is 11.7 Å². The number of fused-ring (bicyclic) bond motifs is 1. The number of para-hydroxylation sites is 1. The molecular weight excluding hydrogens is 480 g/mol. The molecule has 4 atom stereocenters. The maximum absolute atomic E-state index is 13.3. The van der Waals surface area contributed by atoms with Crippen molar-refractivity contribution in [2.45, 2.75) is 50.0 Å². The van der Waals surface area contributed by atoms with Crippen LogP contribution in [0.25, 0.3) is 0 Å². The Labute approximate surface area is 225 Å². The number of hydrogen-bond donors (Lipinski definition) is 1. The number of benzene rings is 2. The van der Waals surface area contributed by atoms with Crippen molar-refractivity contribution in [3.8, 4) is 0 Å². The predicted molar refractivity (Wildman–Crippen MR) is 144 cm³/mol. The first-order chi connectivity index (χ1) is 18.7. The summed E-state index contributed by atoms with van der Waals surface area (Å²) >= 11 is 0. The number of likely N-dealkylation sites (tertiary alicyclic amines) is 1. The highest BCUT2D eigenvalue weighted by molar-refractivity contribution is 5.93. The molecule has 2 aromatic carbocycles. The van der Waals surface area contributed by atoms with Crippen LogP contribution in [0, 0.1) is 11.8 Å². The molecule has 1 aliphatic carbocycles. The molecule has 7 heteroatoms. The van der Waals surface area contributed by atoms with Gasteiger partial charge >= 0.3 is 5.97 Å². The highest BCUT2D eigenvalue weighted by atomic mass is 16.7.